The van der Waals surface area contributed by atoms with Crippen LogP contribution in [0.25, 0.3) is 0 Å². The molecule has 0 bridgehead atoms. The third kappa shape index (κ3) is 7.15. The van der Waals surface area contributed by atoms with Crippen LogP contribution in [0.2, 0.25) is 5.02 Å². The van der Waals surface area contributed by atoms with Gasteiger partial charge in [-0.15, -0.1) is 0 Å². The third-order valence-corrected chi connectivity index (χ3v) is 6.47. The molecule has 2 aromatic rings. The van der Waals surface area contributed by atoms with E-state index in [9.17, 15) is 19.1 Å². The first-order chi connectivity index (χ1) is 17.8. The summed E-state index contributed by atoms with van der Waals surface area (Å²) >= 11 is 6.18. The van der Waals surface area contributed by atoms with Gasteiger partial charge < -0.3 is 20.7 Å². The molecule has 0 fully saturated rings. The highest BCUT2D eigenvalue weighted by Gasteiger charge is 2.38. The maximum absolute atomic E-state index is 14.2. The van der Waals surface area contributed by atoms with E-state index in [1.54, 1.807) is 30.3 Å². The largest absolute Gasteiger partial charge is 0.378 e. The van der Waals surface area contributed by atoms with Gasteiger partial charge in [-0.3, -0.25) is 9.59 Å². The molecule has 10 heteroatoms. The minimum absolute atomic E-state index is 0.126. The van der Waals surface area contributed by atoms with E-state index in [4.69, 9.17) is 11.6 Å². The van der Waals surface area contributed by atoms with Crippen LogP contribution < -0.4 is 16.2 Å². The van der Waals surface area contributed by atoms with Gasteiger partial charge in [-0.2, -0.15) is 0 Å². The van der Waals surface area contributed by atoms with E-state index in [1.807, 2.05) is 13.8 Å². The summed E-state index contributed by atoms with van der Waals surface area (Å²) in [5.41, 5.74) is 7.79. The lowest BCUT2D eigenvalue weighted by Gasteiger charge is -2.29. The Morgan fingerprint density at radius 2 is 2.03 bits per heavy atom. The Labute approximate surface area is 221 Å². The molecule has 198 valence electrons. The predicted octanol–water partition coefficient (Wildman–Crippen LogP) is 4.28. The quantitative estimate of drug-likeness (QED) is 0.197. The number of aliphatic imine (C=N–C) groups is 1. The minimum Gasteiger partial charge on any atom is -0.378 e. The lowest BCUT2D eigenvalue weighted by Crippen LogP contribution is -2.47. The van der Waals surface area contributed by atoms with Gasteiger partial charge in [0.25, 0.3) is 5.91 Å². The van der Waals surface area contributed by atoms with Crippen molar-refractivity contribution < 1.29 is 19.1 Å². The number of rotatable bonds is 11. The number of carbonyl (C=O) groups excluding carboxylic acids is 2. The van der Waals surface area contributed by atoms with Gasteiger partial charge >= 0.3 is 0 Å². The molecule has 2 amide bonds. The number of carbonyl (C=O) groups is 2. The Hall–Kier alpha value is -3.27. The highest BCUT2D eigenvalue weighted by molar-refractivity contribution is 6.30. The first kappa shape index (κ1) is 28.3. The average Bonchev–Trinajstić information content (AvgIpc) is 3.34. The van der Waals surface area contributed by atoms with Gasteiger partial charge in [0.2, 0.25) is 5.91 Å². The second-order valence-corrected chi connectivity index (χ2v) is 9.22. The van der Waals surface area contributed by atoms with Gasteiger partial charge in [0, 0.05) is 28.9 Å². The fourth-order valence-electron chi connectivity index (χ4n) is 3.95. The summed E-state index contributed by atoms with van der Waals surface area (Å²) in [5, 5.41) is 14.0. The first-order valence-electron chi connectivity index (χ1n) is 12.3. The highest BCUT2D eigenvalue weighted by atomic mass is 35.5. The van der Waals surface area contributed by atoms with Gasteiger partial charge in [-0.1, -0.05) is 49.7 Å². The summed E-state index contributed by atoms with van der Waals surface area (Å²) in [6, 6.07) is 10.1. The second-order valence-electron chi connectivity index (χ2n) is 8.78. The molecular weight excluding hydrogens is 497 g/mol. The van der Waals surface area contributed by atoms with Crippen LogP contribution >= 0.6 is 11.6 Å². The summed E-state index contributed by atoms with van der Waals surface area (Å²) in [6.45, 7) is 6.08. The Bertz CT molecular complexity index is 1170. The van der Waals surface area contributed by atoms with Crippen molar-refractivity contribution in [2.45, 2.75) is 64.8 Å². The molecule has 2 aromatic carbocycles. The summed E-state index contributed by atoms with van der Waals surface area (Å²) in [4.78, 5) is 32.1. The number of hydrogen-bond acceptors (Lipinski definition) is 5. The number of aliphatic hydroxyl groups is 1. The number of hydrazine groups is 1. The average molecular weight is 530 g/mol. The molecule has 0 aliphatic carbocycles. The van der Waals surface area contributed by atoms with E-state index in [0.717, 1.165) is 6.42 Å². The van der Waals surface area contributed by atoms with E-state index < -0.39 is 29.8 Å². The van der Waals surface area contributed by atoms with Crippen molar-refractivity contribution in [3.05, 3.63) is 76.2 Å². The minimum atomic E-state index is -1.73. The number of nitrogens with zero attached hydrogens (tertiary/aromatic N) is 2. The molecule has 0 saturated carbocycles. The van der Waals surface area contributed by atoms with Gasteiger partial charge in [-0.05, 0) is 56.0 Å². The fourth-order valence-corrected chi connectivity index (χ4v) is 4.15. The van der Waals surface area contributed by atoms with Crippen LogP contribution in [-0.2, 0) is 16.1 Å². The van der Waals surface area contributed by atoms with E-state index in [0.29, 0.717) is 28.4 Å². The number of amides is 2. The van der Waals surface area contributed by atoms with Crippen LogP contribution in [0, 0.1) is 5.82 Å². The van der Waals surface area contributed by atoms with Gasteiger partial charge in [-0.25, -0.2) is 14.8 Å². The van der Waals surface area contributed by atoms with E-state index in [2.05, 4.69) is 28.1 Å². The Balaban J connectivity index is 1.72. The first-order valence-corrected chi connectivity index (χ1v) is 12.7. The molecule has 0 saturated heterocycles. The molecular formula is C27H33ClFN5O3. The van der Waals surface area contributed by atoms with Crippen LogP contribution in [-0.4, -0.2) is 40.2 Å². The molecule has 8 nitrogen and oxygen atoms in total. The van der Waals surface area contributed by atoms with Crippen molar-refractivity contribution in [1.82, 2.24) is 21.1 Å². The number of nitrogens with one attached hydrogen (secondary N) is 3. The smallest absolute Gasteiger partial charge is 0.261 e. The molecule has 1 aliphatic heterocycles. The molecule has 37 heavy (non-hydrogen) atoms. The topological polar surface area (TPSA) is 106 Å². The number of hydrogen-bond donors (Lipinski definition) is 4. The van der Waals surface area contributed by atoms with Gasteiger partial charge in [0.15, 0.2) is 6.10 Å². The number of aliphatic hydroxyl groups excluding tert-OH is 1. The van der Waals surface area contributed by atoms with Crippen molar-refractivity contribution in [3.8, 4) is 0 Å². The lowest BCUT2D eigenvalue weighted by atomic mass is 10.1. The predicted molar refractivity (Wildman–Crippen MR) is 142 cm³/mol. The van der Waals surface area contributed by atoms with E-state index in [1.165, 1.54) is 29.4 Å². The van der Waals surface area contributed by atoms with Gasteiger partial charge in [0.1, 0.15) is 18.2 Å². The van der Waals surface area contributed by atoms with Crippen molar-refractivity contribution in [1.29, 1.82) is 0 Å². The molecule has 3 atom stereocenters. The number of allylic oxidation sites excluding steroid dienone is 1. The molecule has 0 radical (unpaired) electrons. The van der Waals surface area contributed by atoms with Crippen molar-refractivity contribution in [2.24, 2.45) is 4.99 Å². The standard InChI is InChI=1S/C27H33ClFN5O3/c1-4-17(3)33-32-16-31-23-12-10-19(28)14-18(23)15-30-26(36)24-13-11-20(5-2)34(24)27(37)25(35)21-8-6-7-9-22(21)29/h6-12,14,16-17,24-25,33,35H,4-5,13,15H2,1-3H3,(H,30,36)(H,31,32)/t17?,24-,25?/m0/s1. The zero-order valence-electron chi connectivity index (χ0n) is 21.2. The highest BCUT2D eigenvalue weighted by Crippen LogP contribution is 2.30. The van der Waals surface area contributed by atoms with Crippen LogP contribution in [0.3, 0.4) is 0 Å². The zero-order valence-corrected chi connectivity index (χ0v) is 21.9. The lowest BCUT2D eigenvalue weighted by molar-refractivity contribution is -0.144. The monoisotopic (exact) mass is 529 g/mol. The molecule has 3 rings (SSSR count). The molecule has 0 aromatic heterocycles. The Morgan fingerprint density at radius 3 is 2.73 bits per heavy atom. The summed E-state index contributed by atoms with van der Waals surface area (Å²) in [6.07, 6.45) is 3.31. The van der Waals surface area contributed by atoms with Crippen molar-refractivity contribution >= 4 is 35.4 Å². The van der Waals surface area contributed by atoms with Crippen LogP contribution in [0.15, 0.2) is 59.2 Å². The van der Waals surface area contributed by atoms with Gasteiger partial charge in [0.05, 0.1) is 5.69 Å². The number of benzene rings is 2. The third-order valence-electron chi connectivity index (χ3n) is 6.24. The summed E-state index contributed by atoms with van der Waals surface area (Å²) in [5.74, 6) is -1.84. The van der Waals surface area contributed by atoms with Crippen LogP contribution in [0.1, 0.15) is 57.3 Å². The molecule has 4 N–H and O–H groups in total. The molecule has 1 heterocycles. The normalized spacial score (nSPS) is 17.0. The fraction of sp³-hybridized carbons (Fsp3) is 0.370. The number of halogens is 2. The molecule has 0 spiro atoms. The second kappa shape index (κ2) is 13.3. The maximum atomic E-state index is 14.2. The summed E-state index contributed by atoms with van der Waals surface area (Å²) in [7, 11) is 0. The van der Waals surface area contributed by atoms with E-state index >= 15 is 0 Å². The van der Waals surface area contributed by atoms with Crippen molar-refractivity contribution in [3.63, 3.8) is 0 Å². The van der Waals surface area contributed by atoms with Crippen molar-refractivity contribution in [2.75, 3.05) is 0 Å². The van der Waals surface area contributed by atoms with E-state index in [-0.39, 0.29) is 24.6 Å². The SMILES string of the molecule is CCC1=CC[C@@H](C(=O)NCc2cc(Cl)ccc2N=CNNC(C)CC)N1C(=O)C(O)c1ccccc1F. The maximum Gasteiger partial charge on any atom is 0.261 e. The van der Waals surface area contributed by atoms with Crippen LogP contribution in [0.5, 0.6) is 0 Å². The molecule has 1 aliphatic rings. The molecule has 2 unspecified atom stereocenters. The zero-order chi connectivity index (χ0) is 26.9. The Kier molecular flexibility index (Phi) is 10.2. The Morgan fingerprint density at radius 1 is 1.27 bits per heavy atom. The summed E-state index contributed by atoms with van der Waals surface area (Å²) < 4.78 is 14.2. The van der Waals surface area contributed by atoms with Crippen LogP contribution in [0.4, 0.5) is 10.1 Å².